The molecule has 30 heavy (non-hydrogen) atoms. The second kappa shape index (κ2) is 8.43. The van der Waals surface area contributed by atoms with Crippen LogP contribution < -0.4 is 10.6 Å². The van der Waals surface area contributed by atoms with Gasteiger partial charge in [-0.1, -0.05) is 20.8 Å². The molecule has 2 saturated carbocycles. The third kappa shape index (κ3) is 4.15. The predicted molar refractivity (Wildman–Crippen MR) is 122 cm³/mol. The number of anilines is 1. The summed E-state index contributed by atoms with van der Waals surface area (Å²) in [6.07, 6.45) is 6.27. The summed E-state index contributed by atoms with van der Waals surface area (Å²) in [5.41, 5.74) is 0.999. The summed E-state index contributed by atoms with van der Waals surface area (Å²) in [7, 11) is 0. The first-order valence-corrected chi connectivity index (χ1v) is 13.2. The van der Waals surface area contributed by atoms with Crippen LogP contribution in [0.15, 0.2) is 0 Å². The lowest BCUT2D eigenvalue weighted by Crippen LogP contribution is -2.53. The van der Waals surface area contributed by atoms with Gasteiger partial charge in [-0.25, -0.2) is 4.98 Å². The number of fused-ring (bicyclic) bond motifs is 2. The van der Waals surface area contributed by atoms with Crippen LogP contribution in [-0.2, 0) is 16.0 Å². The van der Waals surface area contributed by atoms with Crippen molar-refractivity contribution < 1.29 is 14.7 Å². The Hall–Kier alpha value is -1.12. The summed E-state index contributed by atoms with van der Waals surface area (Å²) in [5, 5.41) is 18.1. The Morgan fingerprint density at radius 3 is 2.77 bits per heavy atom. The fourth-order valence-electron chi connectivity index (χ4n) is 5.64. The van der Waals surface area contributed by atoms with Crippen molar-refractivity contribution in [2.75, 3.05) is 17.3 Å². The van der Waals surface area contributed by atoms with Gasteiger partial charge < -0.3 is 15.7 Å². The van der Waals surface area contributed by atoms with E-state index in [9.17, 15) is 14.7 Å². The number of hydrogen-bond donors (Lipinski definition) is 3. The van der Waals surface area contributed by atoms with E-state index in [1.807, 2.05) is 13.2 Å². The van der Waals surface area contributed by atoms with E-state index in [-0.39, 0.29) is 40.9 Å². The van der Waals surface area contributed by atoms with Crippen molar-refractivity contribution in [1.82, 2.24) is 10.3 Å². The van der Waals surface area contributed by atoms with E-state index < -0.39 is 6.10 Å². The number of thioether (sulfide) groups is 1. The van der Waals surface area contributed by atoms with Gasteiger partial charge in [0.1, 0.15) is 0 Å². The lowest BCUT2D eigenvalue weighted by molar-refractivity contribution is -0.134. The fourth-order valence-corrected chi connectivity index (χ4v) is 7.26. The topological polar surface area (TPSA) is 91.3 Å². The van der Waals surface area contributed by atoms with Crippen LogP contribution in [0, 0.1) is 23.2 Å². The highest BCUT2D eigenvalue weighted by atomic mass is 32.2. The zero-order chi connectivity index (χ0) is 21.6. The third-order valence-corrected chi connectivity index (χ3v) is 8.96. The number of aliphatic hydroxyl groups excluding tert-OH is 1. The largest absolute Gasteiger partial charge is 0.392 e. The maximum atomic E-state index is 12.6. The molecular formula is C22H33N3O3S2. The van der Waals surface area contributed by atoms with Gasteiger partial charge in [0, 0.05) is 22.8 Å². The number of thiazole rings is 1. The molecular weight excluding hydrogens is 418 g/mol. The molecule has 6 nitrogen and oxygen atoms in total. The molecule has 3 aliphatic rings. The number of aromatic nitrogens is 1. The van der Waals surface area contributed by atoms with Crippen molar-refractivity contribution >= 4 is 40.0 Å². The number of amides is 2. The number of aliphatic hydroxyl groups is 1. The number of hydrogen-bond acceptors (Lipinski definition) is 6. The summed E-state index contributed by atoms with van der Waals surface area (Å²) in [6, 6.07) is 0.344. The monoisotopic (exact) mass is 451 g/mol. The quantitative estimate of drug-likeness (QED) is 0.617. The van der Waals surface area contributed by atoms with E-state index >= 15 is 0 Å². The number of nitrogens with zero attached hydrogens (tertiary/aromatic N) is 1. The molecule has 4 rings (SSSR count). The summed E-state index contributed by atoms with van der Waals surface area (Å²) >= 11 is 3.07. The Morgan fingerprint density at radius 1 is 1.37 bits per heavy atom. The molecule has 3 aliphatic carbocycles. The predicted octanol–water partition coefficient (Wildman–Crippen LogP) is 3.41. The number of rotatable bonds is 6. The van der Waals surface area contributed by atoms with Crippen molar-refractivity contribution in [2.45, 2.75) is 70.9 Å². The molecule has 2 fully saturated rings. The normalized spacial score (nSPS) is 33.9. The van der Waals surface area contributed by atoms with Crippen molar-refractivity contribution in [2.24, 2.45) is 23.2 Å². The van der Waals surface area contributed by atoms with Crippen LogP contribution in [-0.4, -0.2) is 46.1 Å². The smallest absolute Gasteiger partial charge is 0.236 e. The second-order valence-electron chi connectivity index (χ2n) is 9.72. The van der Waals surface area contributed by atoms with E-state index in [0.29, 0.717) is 16.9 Å². The molecule has 2 amide bonds. The van der Waals surface area contributed by atoms with Gasteiger partial charge in [0.2, 0.25) is 11.8 Å². The number of carbonyl (C=O) groups is 2. The fraction of sp³-hybridized carbons (Fsp3) is 0.773. The molecule has 8 heteroatoms. The van der Waals surface area contributed by atoms with Gasteiger partial charge in [-0.2, -0.15) is 11.8 Å². The molecule has 0 saturated heterocycles. The first-order valence-electron chi connectivity index (χ1n) is 11.0. The average molecular weight is 452 g/mol. The first kappa shape index (κ1) is 22.1. The molecule has 0 aliphatic heterocycles. The van der Waals surface area contributed by atoms with E-state index in [1.54, 1.807) is 11.3 Å². The van der Waals surface area contributed by atoms with E-state index in [2.05, 4.69) is 24.5 Å². The van der Waals surface area contributed by atoms with Gasteiger partial charge in [-0.15, -0.1) is 11.3 Å². The Balaban J connectivity index is 1.53. The minimum absolute atomic E-state index is 0.0118. The van der Waals surface area contributed by atoms with Crippen LogP contribution in [0.1, 0.15) is 62.9 Å². The molecule has 0 bridgehead atoms. The average Bonchev–Trinajstić information content (AvgIpc) is 3.39. The lowest BCUT2D eigenvalue weighted by atomic mass is 9.53. The van der Waals surface area contributed by atoms with Crippen molar-refractivity contribution in [1.29, 1.82) is 0 Å². The molecule has 0 aromatic carbocycles. The van der Waals surface area contributed by atoms with Crippen LogP contribution in [0.5, 0.6) is 0 Å². The molecule has 3 N–H and O–H groups in total. The SMILES string of the molecule is CSCC(=O)Nc1nc2c(s1)C[C@]1(C)CC[C@@H]([C@H](C)C(=O)NC3CC3)[C@H](O)[C@H]1[C@@H]2C. The van der Waals surface area contributed by atoms with E-state index in [0.717, 1.165) is 37.8 Å². The minimum atomic E-state index is -0.525. The molecule has 1 aromatic heterocycles. The molecule has 0 spiro atoms. The van der Waals surface area contributed by atoms with Gasteiger partial charge >= 0.3 is 0 Å². The Bertz CT molecular complexity index is 825. The first-order chi connectivity index (χ1) is 14.2. The van der Waals surface area contributed by atoms with E-state index in [4.69, 9.17) is 4.98 Å². The van der Waals surface area contributed by atoms with Crippen LogP contribution in [0.25, 0.3) is 0 Å². The molecule has 6 atom stereocenters. The zero-order valence-corrected chi connectivity index (χ0v) is 19.9. The molecule has 1 aromatic rings. The standard InChI is InChI=1S/C22H33N3O3S2/c1-11(20(28)23-13-5-6-13)14-7-8-22(3)9-15-18(12(2)17(22)19(14)27)25-21(30-15)24-16(26)10-29-4/h11-14,17,19,27H,5-10H2,1-4H3,(H,23,28)(H,24,25,26)/t11-,12-,14-,17+,19-,22-/m0/s1. The van der Waals surface area contributed by atoms with Crippen molar-refractivity contribution in [3.63, 3.8) is 0 Å². The summed E-state index contributed by atoms with van der Waals surface area (Å²) < 4.78 is 0. The molecule has 166 valence electrons. The Morgan fingerprint density at radius 2 is 2.10 bits per heavy atom. The molecule has 0 radical (unpaired) electrons. The summed E-state index contributed by atoms with van der Waals surface area (Å²) in [4.78, 5) is 30.6. The Kier molecular flexibility index (Phi) is 6.21. The third-order valence-electron chi connectivity index (χ3n) is 7.42. The maximum absolute atomic E-state index is 12.6. The Labute approximate surface area is 187 Å². The van der Waals surface area contributed by atoms with Gasteiger partial charge in [0.05, 0.1) is 17.6 Å². The van der Waals surface area contributed by atoms with Crippen molar-refractivity contribution in [3.8, 4) is 0 Å². The highest BCUT2D eigenvalue weighted by molar-refractivity contribution is 7.99. The molecule has 1 heterocycles. The lowest BCUT2D eigenvalue weighted by Gasteiger charge is -2.53. The maximum Gasteiger partial charge on any atom is 0.236 e. The summed E-state index contributed by atoms with van der Waals surface area (Å²) in [6.45, 7) is 6.39. The van der Waals surface area contributed by atoms with Gasteiger partial charge in [-0.3, -0.25) is 9.59 Å². The van der Waals surface area contributed by atoms with Gasteiger partial charge in [-0.05, 0) is 55.6 Å². The van der Waals surface area contributed by atoms with Crippen molar-refractivity contribution in [3.05, 3.63) is 10.6 Å². The van der Waals surface area contributed by atoms with Crippen LogP contribution in [0.3, 0.4) is 0 Å². The number of carbonyl (C=O) groups excluding carboxylic acids is 2. The highest BCUT2D eigenvalue weighted by Gasteiger charge is 2.54. The summed E-state index contributed by atoms with van der Waals surface area (Å²) in [5.74, 6) is 0.430. The second-order valence-corrected chi connectivity index (χ2v) is 11.7. The zero-order valence-electron chi connectivity index (χ0n) is 18.2. The van der Waals surface area contributed by atoms with Gasteiger partial charge in [0.25, 0.3) is 0 Å². The van der Waals surface area contributed by atoms with Crippen LogP contribution in [0.2, 0.25) is 0 Å². The number of nitrogens with one attached hydrogen (secondary N) is 2. The van der Waals surface area contributed by atoms with Gasteiger partial charge in [0.15, 0.2) is 5.13 Å². The molecule has 0 unspecified atom stereocenters. The van der Waals surface area contributed by atoms with Crippen LogP contribution in [0.4, 0.5) is 5.13 Å². The van der Waals surface area contributed by atoms with Crippen LogP contribution >= 0.6 is 23.1 Å². The minimum Gasteiger partial charge on any atom is -0.392 e. The highest BCUT2D eigenvalue weighted by Crippen LogP contribution is 2.57. The van der Waals surface area contributed by atoms with E-state index in [1.165, 1.54) is 16.6 Å².